The van der Waals surface area contributed by atoms with Crippen LogP contribution in [0.15, 0.2) is 22.7 Å². The molecule has 3 nitrogen and oxygen atoms in total. The van der Waals surface area contributed by atoms with Gasteiger partial charge in [0.2, 0.25) is 0 Å². The molecule has 0 aliphatic carbocycles. The van der Waals surface area contributed by atoms with E-state index in [0.717, 1.165) is 31.6 Å². The van der Waals surface area contributed by atoms with E-state index in [1.54, 1.807) is 12.1 Å². The van der Waals surface area contributed by atoms with Crippen molar-refractivity contribution in [2.75, 3.05) is 32.0 Å². The van der Waals surface area contributed by atoms with E-state index >= 15 is 0 Å². The Balaban J connectivity index is 2.12. The van der Waals surface area contributed by atoms with Crippen molar-refractivity contribution in [3.05, 3.63) is 28.5 Å². The van der Waals surface area contributed by atoms with Gasteiger partial charge in [0, 0.05) is 25.3 Å². The first-order chi connectivity index (χ1) is 8.54. The van der Waals surface area contributed by atoms with Gasteiger partial charge in [0.1, 0.15) is 5.82 Å². The lowest BCUT2D eigenvalue weighted by Gasteiger charge is -2.41. The minimum atomic E-state index is -0.245. The molecule has 1 aliphatic heterocycles. The molecule has 1 saturated heterocycles. The number of piperidine rings is 1. The highest BCUT2D eigenvalue weighted by molar-refractivity contribution is 9.10. The van der Waals surface area contributed by atoms with Gasteiger partial charge in [-0.05, 0) is 54.0 Å². The smallest absolute Gasteiger partial charge is 0.137 e. The lowest BCUT2D eigenvalue weighted by molar-refractivity contribution is 0.209. The molecular formula is C13H19BrFN3. The molecule has 0 unspecified atom stereocenters. The number of nitrogens with zero attached hydrogens (tertiary/aromatic N) is 1. The van der Waals surface area contributed by atoms with Crippen LogP contribution >= 0.6 is 15.9 Å². The average molecular weight is 316 g/mol. The van der Waals surface area contributed by atoms with E-state index in [4.69, 9.17) is 5.73 Å². The zero-order valence-corrected chi connectivity index (χ0v) is 12.1. The number of halogens is 2. The first-order valence-electron chi connectivity index (χ1n) is 6.16. The molecule has 0 saturated carbocycles. The SMILES string of the molecule is CN1CCC(CN)(Nc2ccc(F)c(Br)c2)CC1. The number of hydrogen-bond donors (Lipinski definition) is 2. The molecule has 5 heteroatoms. The summed E-state index contributed by atoms with van der Waals surface area (Å²) in [6.45, 7) is 2.66. The summed E-state index contributed by atoms with van der Waals surface area (Å²) in [4.78, 5) is 2.30. The number of rotatable bonds is 3. The molecule has 0 atom stereocenters. The van der Waals surface area contributed by atoms with Gasteiger partial charge in [0.05, 0.1) is 10.0 Å². The van der Waals surface area contributed by atoms with Crippen LogP contribution in [0.1, 0.15) is 12.8 Å². The second-order valence-electron chi connectivity index (χ2n) is 5.04. The number of hydrogen-bond acceptors (Lipinski definition) is 3. The standard InChI is InChI=1S/C13H19BrFN3/c1-18-6-4-13(9-16,5-7-18)17-10-2-3-12(15)11(14)8-10/h2-3,8,17H,4-7,9,16H2,1H3. The number of anilines is 1. The molecule has 0 radical (unpaired) electrons. The van der Waals surface area contributed by atoms with Crippen molar-refractivity contribution in [2.45, 2.75) is 18.4 Å². The Bertz CT molecular complexity index is 417. The summed E-state index contributed by atoms with van der Waals surface area (Å²) in [6.07, 6.45) is 2.02. The quantitative estimate of drug-likeness (QED) is 0.900. The molecule has 1 aromatic carbocycles. The van der Waals surface area contributed by atoms with Gasteiger partial charge in [0.25, 0.3) is 0 Å². The summed E-state index contributed by atoms with van der Waals surface area (Å²) < 4.78 is 13.7. The minimum Gasteiger partial charge on any atom is -0.378 e. The van der Waals surface area contributed by atoms with Crippen molar-refractivity contribution in [3.8, 4) is 0 Å². The maximum absolute atomic E-state index is 13.2. The molecule has 1 heterocycles. The van der Waals surface area contributed by atoms with Gasteiger partial charge in [-0.1, -0.05) is 0 Å². The van der Waals surface area contributed by atoms with Gasteiger partial charge < -0.3 is 16.0 Å². The summed E-state index contributed by atoms with van der Waals surface area (Å²) in [7, 11) is 2.12. The van der Waals surface area contributed by atoms with Crippen LogP contribution in [0.2, 0.25) is 0 Å². The Kier molecular flexibility index (Phi) is 4.25. The molecule has 3 N–H and O–H groups in total. The second kappa shape index (κ2) is 5.55. The number of nitrogens with two attached hydrogens (primary N) is 1. The fraction of sp³-hybridized carbons (Fsp3) is 0.538. The van der Waals surface area contributed by atoms with Crippen LogP contribution in [0.3, 0.4) is 0 Å². The Hall–Kier alpha value is -0.650. The summed E-state index contributed by atoms with van der Waals surface area (Å²) >= 11 is 3.21. The van der Waals surface area contributed by atoms with Crippen LogP contribution in [0.25, 0.3) is 0 Å². The van der Waals surface area contributed by atoms with E-state index < -0.39 is 0 Å². The molecule has 18 heavy (non-hydrogen) atoms. The third-order valence-corrected chi connectivity index (χ3v) is 4.27. The van der Waals surface area contributed by atoms with E-state index in [-0.39, 0.29) is 11.4 Å². The van der Waals surface area contributed by atoms with Gasteiger partial charge in [-0.25, -0.2) is 4.39 Å². The molecule has 1 aliphatic rings. The molecule has 1 fully saturated rings. The summed E-state index contributed by atoms with van der Waals surface area (Å²) in [5.74, 6) is -0.245. The van der Waals surface area contributed by atoms with Crippen molar-refractivity contribution < 1.29 is 4.39 Å². The summed E-state index contributed by atoms with van der Waals surface area (Å²) in [5, 5.41) is 3.48. The predicted octanol–water partition coefficient (Wildman–Crippen LogP) is 2.42. The fourth-order valence-electron chi connectivity index (χ4n) is 2.31. The molecule has 0 aromatic heterocycles. The van der Waals surface area contributed by atoms with Crippen molar-refractivity contribution in [1.82, 2.24) is 4.90 Å². The average Bonchev–Trinajstić information content (AvgIpc) is 2.37. The third kappa shape index (κ3) is 3.02. The highest BCUT2D eigenvalue weighted by Gasteiger charge is 2.32. The van der Waals surface area contributed by atoms with Crippen LogP contribution in [0.4, 0.5) is 10.1 Å². The van der Waals surface area contributed by atoms with Crippen molar-refractivity contribution in [2.24, 2.45) is 5.73 Å². The molecule has 100 valence electrons. The maximum Gasteiger partial charge on any atom is 0.137 e. The minimum absolute atomic E-state index is 0.0657. The normalized spacial score (nSPS) is 19.8. The van der Waals surface area contributed by atoms with E-state index in [2.05, 4.69) is 33.2 Å². The lowest BCUT2D eigenvalue weighted by atomic mass is 9.87. The number of nitrogens with one attached hydrogen (secondary N) is 1. The van der Waals surface area contributed by atoms with E-state index in [9.17, 15) is 4.39 Å². The van der Waals surface area contributed by atoms with Gasteiger partial charge in [-0.15, -0.1) is 0 Å². The third-order valence-electron chi connectivity index (χ3n) is 3.66. The fourth-order valence-corrected chi connectivity index (χ4v) is 2.69. The van der Waals surface area contributed by atoms with Gasteiger partial charge >= 0.3 is 0 Å². The molecule has 2 rings (SSSR count). The van der Waals surface area contributed by atoms with Crippen molar-refractivity contribution in [1.29, 1.82) is 0 Å². The van der Waals surface area contributed by atoms with Crippen molar-refractivity contribution in [3.63, 3.8) is 0 Å². The molecule has 0 amide bonds. The molecule has 0 bridgehead atoms. The summed E-state index contributed by atoms with van der Waals surface area (Å²) in [6, 6.07) is 4.99. The molecular weight excluding hydrogens is 297 g/mol. The maximum atomic E-state index is 13.2. The number of benzene rings is 1. The zero-order chi connectivity index (χ0) is 13.2. The lowest BCUT2D eigenvalue weighted by Crippen LogP contribution is -2.52. The van der Waals surface area contributed by atoms with E-state index in [0.29, 0.717) is 11.0 Å². The Morgan fingerprint density at radius 3 is 2.67 bits per heavy atom. The Labute approximate surface area is 116 Å². The highest BCUT2D eigenvalue weighted by Crippen LogP contribution is 2.28. The van der Waals surface area contributed by atoms with Crippen LogP contribution < -0.4 is 11.1 Å². The summed E-state index contributed by atoms with van der Waals surface area (Å²) in [5.41, 5.74) is 6.78. The predicted molar refractivity (Wildman–Crippen MR) is 76.2 cm³/mol. The van der Waals surface area contributed by atoms with Gasteiger partial charge in [0.15, 0.2) is 0 Å². The monoisotopic (exact) mass is 315 g/mol. The van der Waals surface area contributed by atoms with Crippen LogP contribution in [-0.4, -0.2) is 37.1 Å². The first-order valence-corrected chi connectivity index (χ1v) is 6.96. The Morgan fingerprint density at radius 2 is 2.11 bits per heavy atom. The number of likely N-dealkylation sites (tertiary alicyclic amines) is 1. The largest absolute Gasteiger partial charge is 0.378 e. The molecule has 0 spiro atoms. The van der Waals surface area contributed by atoms with Gasteiger partial charge in [-0.3, -0.25) is 0 Å². The van der Waals surface area contributed by atoms with E-state index in [1.807, 2.05) is 0 Å². The van der Waals surface area contributed by atoms with E-state index in [1.165, 1.54) is 6.07 Å². The molecule has 1 aromatic rings. The Morgan fingerprint density at radius 1 is 1.44 bits per heavy atom. The second-order valence-corrected chi connectivity index (χ2v) is 5.90. The van der Waals surface area contributed by atoms with Crippen LogP contribution in [0, 0.1) is 5.82 Å². The zero-order valence-electron chi connectivity index (χ0n) is 10.5. The van der Waals surface area contributed by atoms with Gasteiger partial charge in [-0.2, -0.15) is 0 Å². The van der Waals surface area contributed by atoms with Crippen LogP contribution in [-0.2, 0) is 0 Å². The van der Waals surface area contributed by atoms with Crippen molar-refractivity contribution >= 4 is 21.6 Å². The highest BCUT2D eigenvalue weighted by atomic mass is 79.9. The topological polar surface area (TPSA) is 41.3 Å². The first kappa shape index (κ1) is 13.8. The van der Waals surface area contributed by atoms with Crippen LogP contribution in [0.5, 0.6) is 0 Å².